The Labute approximate surface area is 124 Å². The van der Waals surface area contributed by atoms with E-state index in [4.69, 9.17) is 4.74 Å². The van der Waals surface area contributed by atoms with Gasteiger partial charge in [0.25, 0.3) is 0 Å². The zero-order valence-electron chi connectivity index (χ0n) is 11.6. The third-order valence-electron chi connectivity index (χ3n) is 3.06. The number of nitrogens with zero attached hydrogens (tertiary/aromatic N) is 2. The maximum atomic E-state index is 12.3. The molecule has 1 aromatic carbocycles. The predicted octanol–water partition coefficient (Wildman–Crippen LogP) is 3.20. The molecule has 0 fully saturated rings. The fraction of sp³-hybridized carbons (Fsp3) is 0.357. The minimum Gasteiger partial charge on any atom is -0.496 e. The van der Waals surface area contributed by atoms with Crippen molar-refractivity contribution in [2.24, 2.45) is 0 Å². The molecule has 2 rings (SSSR count). The molecule has 20 heavy (non-hydrogen) atoms. The summed E-state index contributed by atoms with van der Waals surface area (Å²) in [6, 6.07) is 7.84. The van der Waals surface area contributed by atoms with Crippen molar-refractivity contribution in [1.82, 2.24) is 9.78 Å². The molecule has 1 aromatic heterocycles. The Morgan fingerprint density at radius 3 is 2.80 bits per heavy atom. The number of rotatable bonds is 6. The van der Waals surface area contributed by atoms with Crippen molar-refractivity contribution < 1.29 is 9.13 Å². The second kappa shape index (κ2) is 7.75. The lowest BCUT2D eigenvalue weighted by molar-refractivity contribution is 0.410. The molecule has 0 aliphatic rings. The summed E-state index contributed by atoms with van der Waals surface area (Å²) >= 11 is 0. The molecule has 0 atom stereocenters. The molecule has 0 unspecified atom stereocenters. The molecule has 2 aromatic rings. The third-order valence-corrected chi connectivity index (χ3v) is 3.06. The summed E-state index contributed by atoms with van der Waals surface area (Å²) in [7, 11) is 1.66. The van der Waals surface area contributed by atoms with Gasteiger partial charge in [-0.25, -0.2) is 4.39 Å². The van der Waals surface area contributed by atoms with Crippen LogP contribution in [0.2, 0.25) is 0 Å². The lowest BCUT2D eigenvalue weighted by Gasteiger charge is -2.10. The van der Waals surface area contributed by atoms with Gasteiger partial charge in [-0.3, -0.25) is 4.68 Å². The molecule has 6 heteroatoms. The molecule has 0 amide bonds. The monoisotopic (exact) mass is 299 g/mol. The van der Waals surface area contributed by atoms with Crippen LogP contribution >= 0.6 is 12.4 Å². The van der Waals surface area contributed by atoms with Crippen LogP contribution in [0.1, 0.15) is 11.3 Å². The fourth-order valence-corrected chi connectivity index (χ4v) is 1.97. The average molecular weight is 300 g/mol. The number of ether oxygens (including phenoxy) is 1. The van der Waals surface area contributed by atoms with Crippen molar-refractivity contribution in [2.75, 3.05) is 19.1 Å². The van der Waals surface area contributed by atoms with Crippen molar-refractivity contribution in [3.05, 3.63) is 41.7 Å². The van der Waals surface area contributed by atoms with Crippen molar-refractivity contribution in [2.45, 2.75) is 20.0 Å². The first-order chi connectivity index (χ1) is 9.26. The van der Waals surface area contributed by atoms with Crippen LogP contribution < -0.4 is 10.1 Å². The van der Waals surface area contributed by atoms with E-state index >= 15 is 0 Å². The lowest BCUT2D eigenvalue weighted by Crippen LogP contribution is -2.05. The van der Waals surface area contributed by atoms with Crippen LogP contribution in [0.3, 0.4) is 0 Å². The first-order valence-electron chi connectivity index (χ1n) is 6.20. The molecule has 4 nitrogen and oxygen atoms in total. The third kappa shape index (κ3) is 3.63. The maximum Gasteiger partial charge on any atom is 0.123 e. The summed E-state index contributed by atoms with van der Waals surface area (Å²) in [6.45, 7) is 2.45. The van der Waals surface area contributed by atoms with Gasteiger partial charge in [0.15, 0.2) is 0 Å². The highest BCUT2D eigenvalue weighted by Crippen LogP contribution is 2.20. The Kier molecular flexibility index (Phi) is 6.31. The number of methoxy groups -OCH3 is 1. The second-order valence-corrected chi connectivity index (χ2v) is 4.22. The van der Waals surface area contributed by atoms with Crippen molar-refractivity contribution >= 4 is 18.1 Å². The minimum absolute atomic E-state index is 0. The van der Waals surface area contributed by atoms with Crippen LogP contribution in [0.5, 0.6) is 5.75 Å². The van der Waals surface area contributed by atoms with Crippen LogP contribution in [0.25, 0.3) is 0 Å². The molecule has 0 radical (unpaired) electrons. The zero-order chi connectivity index (χ0) is 13.7. The van der Waals surface area contributed by atoms with Gasteiger partial charge in [-0.05, 0) is 13.0 Å². The molecule has 0 aliphatic carbocycles. The molecule has 1 N–H and O–H groups in total. The van der Waals surface area contributed by atoms with Gasteiger partial charge in [-0.15, -0.1) is 12.4 Å². The maximum absolute atomic E-state index is 12.3. The normalized spacial score (nSPS) is 9.95. The number of nitrogens with one attached hydrogen (secondary N) is 1. The first-order valence-corrected chi connectivity index (χ1v) is 6.20. The van der Waals surface area contributed by atoms with Crippen LogP contribution in [-0.4, -0.2) is 23.6 Å². The number of hydrogen-bond acceptors (Lipinski definition) is 3. The summed E-state index contributed by atoms with van der Waals surface area (Å²) in [4.78, 5) is 0. The molecule has 0 bridgehead atoms. The average Bonchev–Trinajstić information content (AvgIpc) is 2.78. The van der Waals surface area contributed by atoms with Gasteiger partial charge < -0.3 is 10.1 Å². The molecular weight excluding hydrogens is 281 g/mol. The van der Waals surface area contributed by atoms with E-state index in [1.807, 2.05) is 31.2 Å². The van der Waals surface area contributed by atoms with Crippen molar-refractivity contribution in [3.63, 3.8) is 0 Å². The Balaban J connectivity index is 0.00000200. The Morgan fingerprint density at radius 1 is 1.35 bits per heavy atom. The molecular formula is C14H19ClFN3O. The number of benzene rings is 1. The molecule has 110 valence electrons. The van der Waals surface area contributed by atoms with E-state index < -0.39 is 6.67 Å². The van der Waals surface area contributed by atoms with Crippen LogP contribution in [0, 0.1) is 6.92 Å². The summed E-state index contributed by atoms with van der Waals surface area (Å²) < 4.78 is 19.3. The van der Waals surface area contributed by atoms with E-state index in [9.17, 15) is 4.39 Å². The Bertz CT molecular complexity index is 545. The van der Waals surface area contributed by atoms with Gasteiger partial charge in [0.2, 0.25) is 0 Å². The Morgan fingerprint density at radius 2 is 2.10 bits per heavy atom. The number of halogens is 2. The largest absolute Gasteiger partial charge is 0.496 e. The van der Waals surface area contributed by atoms with Gasteiger partial charge in [-0.1, -0.05) is 18.2 Å². The van der Waals surface area contributed by atoms with Crippen LogP contribution in [0.15, 0.2) is 30.5 Å². The van der Waals surface area contributed by atoms with E-state index in [-0.39, 0.29) is 12.4 Å². The summed E-state index contributed by atoms with van der Waals surface area (Å²) in [6.07, 6.45) is 1.72. The highest BCUT2D eigenvalue weighted by molar-refractivity contribution is 5.85. The smallest absolute Gasteiger partial charge is 0.123 e. The van der Waals surface area contributed by atoms with Gasteiger partial charge in [0.1, 0.15) is 12.4 Å². The van der Waals surface area contributed by atoms with E-state index in [1.165, 1.54) is 0 Å². The second-order valence-electron chi connectivity index (χ2n) is 4.22. The number of alkyl halides is 1. The highest BCUT2D eigenvalue weighted by atomic mass is 35.5. The molecule has 0 saturated carbocycles. The summed E-state index contributed by atoms with van der Waals surface area (Å²) in [5, 5.41) is 7.44. The van der Waals surface area contributed by atoms with Crippen molar-refractivity contribution in [3.8, 4) is 5.75 Å². The predicted molar refractivity (Wildman–Crippen MR) is 80.5 cm³/mol. The SMILES string of the molecule is COc1ccccc1CNc1cnn(CCF)c1C.Cl. The number of aryl methyl sites for hydroxylation is 1. The van der Waals surface area contributed by atoms with Crippen LogP contribution in [0.4, 0.5) is 10.1 Å². The molecule has 0 saturated heterocycles. The molecule has 1 heterocycles. The minimum atomic E-state index is -0.408. The van der Waals surface area contributed by atoms with Gasteiger partial charge in [0.05, 0.1) is 31.2 Å². The lowest BCUT2D eigenvalue weighted by atomic mass is 10.2. The van der Waals surface area contributed by atoms with Gasteiger partial charge >= 0.3 is 0 Å². The Hall–Kier alpha value is -1.75. The number of para-hydroxylation sites is 1. The quantitative estimate of drug-likeness (QED) is 0.890. The summed E-state index contributed by atoms with van der Waals surface area (Å²) in [5.74, 6) is 0.851. The van der Waals surface area contributed by atoms with Gasteiger partial charge in [0, 0.05) is 12.1 Å². The fourth-order valence-electron chi connectivity index (χ4n) is 1.97. The first kappa shape index (κ1) is 16.3. The van der Waals surface area contributed by atoms with E-state index in [1.54, 1.807) is 18.0 Å². The molecule has 0 spiro atoms. The van der Waals surface area contributed by atoms with Gasteiger partial charge in [-0.2, -0.15) is 5.10 Å². The number of hydrogen-bond donors (Lipinski definition) is 1. The molecule has 0 aliphatic heterocycles. The highest BCUT2D eigenvalue weighted by Gasteiger charge is 2.07. The van der Waals surface area contributed by atoms with E-state index in [2.05, 4.69) is 10.4 Å². The number of anilines is 1. The topological polar surface area (TPSA) is 39.1 Å². The number of aromatic nitrogens is 2. The van der Waals surface area contributed by atoms with E-state index in [0.29, 0.717) is 13.1 Å². The summed E-state index contributed by atoms with van der Waals surface area (Å²) in [5.41, 5.74) is 2.93. The standard InChI is InChI=1S/C14H18FN3O.ClH/c1-11-13(10-17-18(11)8-7-15)16-9-12-5-3-4-6-14(12)19-2;/h3-6,10,16H,7-9H2,1-2H3;1H. The van der Waals surface area contributed by atoms with Crippen LogP contribution in [-0.2, 0) is 13.1 Å². The van der Waals surface area contributed by atoms with Crippen molar-refractivity contribution in [1.29, 1.82) is 0 Å². The zero-order valence-corrected chi connectivity index (χ0v) is 12.4. The van der Waals surface area contributed by atoms with E-state index in [0.717, 1.165) is 22.7 Å².